The van der Waals surface area contributed by atoms with E-state index >= 15 is 4.39 Å². The molecule has 9 nitrogen and oxygen atoms in total. The average Bonchev–Trinajstić information content (AvgIpc) is 2.82. The number of benzene rings is 2. The molecule has 0 unspecified atom stereocenters. The smallest absolute Gasteiger partial charge is 0.276 e. The van der Waals surface area contributed by atoms with Gasteiger partial charge in [0, 0.05) is 5.56 Å². The molecule has 0 amide bonds. The van der Waals surface area contributed by atoms with Crippen LogP contribution in [0.1, 0.15) is 5.56 Å². The maximum absolute atomic E-state index is 15.1. The second-order valence-electron chi connectivity index (χ2n) is 6.15. The van der Waals surface area contributed by atoms with E-state index in [-0.39, 0.29) is 48.1 Å². The maximum Gasteiger partial charge on any atom is 0.276 e. The predicted octanol–water partition coefficient (Wildman–Crippen LogP) is 3.95. The Balaban J connectivity index is 1.66. The molecule has 0 atom stereocenters. The van der Waals surface area contributed by atoms with Crippen LogP contribution in [0.5, 0.6) is 23.3 Å². The van der Waals surface area contributed by atoms with Crippen LogP contribution in [0.25, 0.3) is 0 Å². The minimum Gasteiger partial charge on any atom is -0.470 e. The molecule has 4 rings (SSSR count). The van der Waals surface area contributed by atoms with Gasteiger partial charge in [-0.3, -0.25) is 4.99 Å². The van der Waals surface area contributed by atoms with Gasteiger partial charge in [0.2, 0.25) is 5.82 Å². The fourth-order valence-electron chi connectivity index (χ4n) is 2.72. The lowest BCUT2D eigenvalue weighted by molar-refractivity contribution is 0.0675. The Morgan fingerprint density at radius 3 is 2.41 bits per heavy atom. The van der Waals surface area contributed by atoms with Crippen LogP contribution in [-0.2, 0) is 9.57 Å². The van der Waals surface area contributed by atoms with Crippen molar-refractivity contribution in [1.29, 1.82) is 0 Å². The highest BCUT2D eigenvalue weighted by Crippen LogP contribution is 2.33. The van der Waals surface area contributed by atoms with Crippen LogP contribution >= 0.6 is 11.6 Å². The van der Waals surface area contributed by atoms with Crippen molar-refractivity contribution in [2.75, 3.05) is 19.9 Å². The number of oxime groups is 1. The SMILES string of the molecule is OCN=C(C1=NOCCO1)c1ccccc1Oc1ncnc(Oc2ccccc2Cl)c1F. The Hall–Kier alpha value is -3.76. The fraction of sp³-hybridized carbons (Fsp3) is 0.143. The number of aliphatic imine (C=N–C) groups is 1. The summed E-state index contributed by atoms with van der Waals surface area (Å²) >= 11 is 6.07. The highest BCUT2D eigenvalue weighted by Gasteiger charge is 2.23. The Morgan fingerprint density at radius 2 is 1.72 bits per heavy atom. The lowest BCUT2D eigenvalue weighted by atomic mass is 10.1. The zero-order chi connectivity index (χ0) is 22.3. The van der Waals surface area contributed by atoms with E-state index in [1.165, 1.54) is 0 Å². The number of aliphatic hydroxyl groups excluding tert-OH is 1. The zero-order valence-electron chi connectivity index (χ0n) is 16.4. The van der Waals surface area contributed by atoms with Gasteiger partial charge in [-0.1, -0.05) is 35.9 Å². The number of ether oxygens (including phenoxy) is 3. The summed E-state index contributed by atoms with van der Waals surface area (Å²) in [5.74, 6) is -1.22. The van der Waals surface area contributed by atoms with E-state index in [4.69, 9.17) is 30.6 Å². The summed E-state index contributed by atoms with van der Waals surface area (Å²) in [4.78, 5) is 16.7. The van der Waals surface area contributed by atoms with Crippen LogP contribution in [0.2, 0.25) is 5.02 Å². The molecule has 0 radical (unpaired) electrons. The van der Waals surface area contributed by atoms with Gasteiger partial charge in [0.1, 0.15) is 36.9 Å². The summed E-state index contributed by atoms with van der Waals surface area (Å²) in [6.45, 7) is 0.00767. The first-order valence-corrected chi connectivity index (χ1v) is 9.73. The molecule has 0 bridgehead atoms. The van der Waals surface area contributed by atoms with Crippen molar-refractivity contribution < 1.29 is 28.5 Å². The number of rotatable bonds is 7. The number of halogens is 2. The lowest BCUT2D eigenvalue weighted by Gasteiger charge is -2.17. The molecule has 2 heterocycles. The second-order valence-corrected chi connectivity index (χ2v) is 6.56. The molecule has 11 heteroatoms. The molecule has 1 aliphatic rings. The third kappa shape index (κ3) is 4.76. The van der Waals surface area contributed by atoms with E-state index in [2.05, 4.69) is 20.1 Å². The topological polar surface area (TPSA) is 108 Å². The first-order valence-electron chi connectivity index (χ1n) is 9.36. The van der Waals surface area contributed by atoms with Crippen LogP contribution in [0.4, 0.5) is 4.39 Å². The monoisotopic (exact) mass is 458 g/mol. The number of aliphatic hydroxyl groups is 1. The highest BCUT2D eigenvalue weighted by atomic mass is 35.5. The van der Waals surface area contributed by atoms with Gasteiger partial charge in [0.05, 0.1) is 5.02 Å². The van der Waals surface area contributed by atoms with E-state index in [0.29, 0.717) is 10.6 Å². The van der Waals surface area contributed by atoms with E-state index in [1.807, 2.05) is 0 Å². The normalized spacial score (nSPS) is 13.6. The van der Waals surface area contributed by atoms with E-state index in [1.54, 1.807) is 48.5 Å². The van der Waals surface area contributed by atoms with Crippen LogP contribution in [0.3, 0.4) is 0 Å². The van der Waals surface area contributed by atoms with Gasteiger partial charge in [-0.05, 0) is 29.4 Å². The molecular formula is C21H16ClFN4O5. The average molecular weight is 459 g/mol. The number of hydrogen-bond donors (Lipinski definition) is 1. The molecule has 2 aromatic carbocycles. The molecule has 1 aliphatic heterocycles. The van der Waals surface area contributed by atoms with E-state index < -0.39 is 12.5 Å². The molecule has 0 saturated carbocycles. The van der Waals surface area contributed by atoms with Gasteiger partial charge < -0.3 is 24.2 Å². The number of aromatic nitrogens is 2. The molecule has 164 valence electrons. The molecule has 0 spiro atoms. The third-order valence-electron chi connectivity index (χ3n) is 4.11. The summed E-state index contributed by atoms with van der Waals surface area (Å²) in [5, 5.41) is 13.5. The van der Waals surface area contributed by atoms with Gasteiger partial charge >= 0.3 is 0 Å². The van der Waals surface area contributed by atoms with Crippen LogP contribution in [0, 0.1) is 5.82 Å². The molecular weight excluding hydrogens is 443 g/mol. The van der Waals surface area contributed by atoms with Crippen LogP contribution in [-0.4, -0.2) is 46.6 Å². The lowest BCUT2D eigenvalue weighted by Crippen LogP contribution is -2.26. The van der Waals surface area contributed by atoms with Crippen molar-refractivity contribution in [3.8, 4) is 23.3 Å². The van der Waals surface area contributed by atoms with Gasteiger partial charge in [0.25, 0.3) is 17.7 Å². The molecule has 0 aliphatic carbocycles. The minimum atomic E-state index is -0.933. The Bertz CT molecular complexity index is 1170. The maximum atomic E-state index is 15.1. The first kappa shape index (κ1) is 21.5. The van der Waals surface area contributed by atoms with Gasteiger partial charge in [-0.15, -0.1) is 0 Å². The molecule has 0 saturated heterocycles. The second kappa shape index (κ2) is 10.0. The van der Waals surface area contributed by atoms with Crippen molar-refractivity contribution in [2.45, 2.75) is 0 Å². The van der Waals surface area contributed by atoms with Crippen molar-refractivity contribution in [3.05, 3.63) is 71.3 Å². The first-order chi connectivity index (χ1) is 15.7. The van der Waals surface area contributed by atoms with Crippen LogP contribution in [0.15, 0.2) is 65.0 Å². The number of nitrogens with zero attached hydrogens (tertiary/aromatic N) is 4. The highest BCUT2D eigenvalue weighted by molar-refractivity contribution is 6.46. The Morgan fingerprint density at radius 1 is 1.03 bits per heavy atom. The van der Waals surface area contributed by atoms with Crippen molar-refractivity contribution in [1.82, 2.24) is 9.97 Å². The Kier molecular flexibility index (Phi) is 6.73. The predicted molar refractivity (Wildman–Crippen MR) is 113 cm³/mol. The van der Waals surface area contributed by atoms with Crippen molar-refractivity contribution in [3.63, 3.8) is 0 Å². The molecule has 0 fully saturated rings. The molecule has 1 aromatic heterocycles. The standard InChI is InChI=1S/C21H16ClFN4O5/c22-14-6-2-4-8-16(14)32-20-17(23)19(24-11-25-20)31-15-7-3-1-5-13(15)18(26-12-28)21-27-30-10-9-29-21/h1-8,11,28H,9-10,12H2. The van der Waals surface area contributed by atoms with Gasteiger partial charge in [-0.25, -0.2) is 0 Å². The fourth-order valence-corrected chi connectivity index (χ4v) is 2.90. The van der Waals surface area contributed by atoms with Gasteiger partial charge in [0.15, 0.2) is 6.61 Å². The third-order valence-corrected chi connectivity index (χ3v) is 4.42. The largest absolute Gasteiger partial charge is 0.470 e. The minimum absolute atomic E-state index is 0.0623. The van der Waals surface area contributed by atoms with Crippen molar-refractivity contribution in [2.24, 2.45) is 10.1 Å². The molecule has 3 aromatic rings. The van der Waals surface area contributed by atoms with E-state index in [0.717, 1.165) is 6.33 Å². The zero-order valence-corrected chi connectivity index (χ0v) is 17.2. The Labute approximate surface area is 186 Å². The summed E-state index contributed by atoms with van der Waals surface area (Å²) in [6.07, 6.45) is 1.10. The summed E-state index contributed by atoms with van der Waals surface area (Å²) in [6, 6.07) is 13.2. The number of hydrogen-bond acceptors (Lipinski definition) is 9. The van der Waals surface area contributed by atoms with Gasteiger partial charge in [-0.2, -0.15) is 14.4 Å². The summed E-state index contributed by atoms with van der Waals surface area (Å²) in [7, 11) is 0. The van der Waals surface area contributed by atoms with Crippen LogP contribution < -0.4 is 9.47 Å². The quantitative estimate of drug-likeness (QED) is 0.534. The van der Waals surface area contributed by atoms with E-state index in [9.17, 15) is 5.11 Å². The molecule has 1 N–H and O–H groups in total. The summed E-state index contributed by atoms with van der Waals surface area (Å²) < 4.78 is 31.7. The summed E-state index contributed by atoms with van der Waals surface area (Å²) in [5.41, 5.74) is 0.544. The van der Waals surface area contributed by atoms with Crippen molar-refractivity contribution >= 4 is 23.2 Å². The number of para-hydroxylation sites is 2. The molecule has 32 heavy (non-hydrogen) atoms.